The Morgan fingerprint density at radius 2 is 1.87 bits per heavy atom. The number of anilines is 1. The lowest BCUT2D eigenvalue weighted by Crippen LogP contribution is -2.04. The van der Waals surface area contributed by atoms with Crippen LogP contribution in [0.5, 0.6) is 0 Å². The third-order valence-electron chi connectivity index (χ3n) is 7.29. The molecule has 0 amide bonds. The number of fused-ring (bicyclic) bond motifs is 1. The summed E-state index contributed by atoms with van der Waals surface area (Å²) in [4.78, 5) is 17.6. The molecule has 0 aliphatic heterocycles. The standard InChI is InChI=1S/C31H33N7/c1-6-19(2)7-9-23-15-24(10-8-20(23)3)26-13-14-34-31(21(26)4)35-22(5)29-30-28(37-38-29)12-11-27(36-30)25-16-32-18-33-17-25/h8,10-19H,5-7,9H2,1-4H3,(H,34,35)(H,37,38). The Balaban J connectivity index is 1.42. The fraction of sp³-hybridized carbons (Fsp3) is 0.258. The molecule has 0 aliphatic carbocycles. The van der Waals surface area contributed by atoms with E-state index in [2.05, 4.69) is 89.0 Å². The molecular weight excluding hydrogens is 470 g/mol. The van der Waals surface area contributed by atoms with Crippen molar-refractivity contribution in [2.75, 3.05) is 5.32 Å². The van der Waals surface area contributed by atoms with Crippen molar-refractivity contribution in [1.82, 2.24) is 30.1 Å². The number of pyridine rings is 2. The lowest BCUT2D eigenvalue weighted by atomic mass is 9.92. The van der Waals surface area contributed by atoms with Crippen LogP contribution in [0.1, 0.15) is 49.1 Å². The second kappa shape index (κ2) is 10.9. The van der Waals surface area contributed by atoms with Gasteiger partial charge in [0.2, 0.25) is 0 Å². The summed E-state index contributed by atoms with van der Waals surface area (Å²) in [5, 5.41) is 10.9. The molecule has 192 valence electrons. The second-order valence-corrected chi connectivity index (χ2v) is 9.92. The summed E-state index contributed by atoms with van der Waals surface area (Å²) in [6.07, 6.45) is 10.3. The lowest BCUT2D eigenvalue weighted by molar-refractivity contribution is 0.516. The summed E-state index contributed by atoms with van der Waals surface area (Å²) in [6.45, 7) is 13.1. The van der Waals surface area contributed by atoms with Crippen LogP contribution in [0.15, 0.2) is 67.9 Å². The van der Waals surface area contributed by atoms with Crippen molar-refractivity contribution in [3.63, 3.8) is 0 Å². The first kappa shape index (κ1) is 25.3. The van der Waals surface area contributed by atoms with E-state index in [1.165, 1.54) is 35.9 Å². The van der Waals surface area contributed by atoms with E-state index in [-0.39, 0.29) is 0 Å². The minimum absolute atomic E-state index is 0.621. The van der Waals surface area contributed by atoms with Gasteiger partial charge in [-0.2, -0.15) is 5.10 Å². The Labute approximate surface area is 223 Å². The minimum Gasteiger partial charge on any atom is -0.339 e. The highest BCUT2D eigenvalue weighted by atomic mass is 15.2. The number of hydrogen-bond donors (Lipinski definition) is 2. The van der Waals surface area contributed by atoms with Crippen LogP contribution < -0.4 is 5.32 Å². The first-order valence-electron chi connectivity index (χ1n) is 13.1. The Morgan fingerprint density at radius 3 is 2.66 bits per heavy atom. The van der Waals surface area contributed by atoms with E-state index in [1.807, 2.05) is 18.3 Å². The van der Waals surface area contributed by atoms with Crippen molar-refractivity contribution in [3.05, 3.63) is 90.3 Å². The molecule has 1 unspecified atom stereocenters. The Hall–Kier alpha value is -4.39. The van der Waals surface area contributed by atoms with Crippen molar-refractivity contribution in [3.8, 4) is 22.4 Å². The van der Waals surface area contributed by atoms with Crippen molar-refractivity contribution in [1.29, 1.82) is 0 Å². The first-order valence-corrected chi connectivity index (χ1v) is 13.1. The van der Waals surface area contributed by atoms with Gasteiger partial charge >= 0.3 is 0 Å². The number of nitrogens with one attached hydrogen (secondary N) is 2. The maximum Gasteiger partial charge on any atom is 0.134 e. The number of rotatable bonds is 9. The molecule has 0 radical (unpaired) electrons. The van der Waals surface area contributed by atoms with E-state index < -0.39 is 0 Å². The fourth-order valence-corrected chi connectivity index (χ4v) is 4.59. The Morgan fingerprint density at radius 1 is 1.05 bits per heavy atom. The van der Waals surface area contributed by atoms with Gasteiger partial charge in [-0.15, -0.1) is 0 Å². The third kappa shape index (κ3) is 5.18. The highest BCUT2D eigenvalue weighted by Gasteiger charge is 2.15. The van der Waals surface area contributed by atoms with Gasteiger partial charge in [-0.05, 0) is 78.6 Å². The van der Waals surface area contributed by atoms with Crippen LogP contribution in [-0.2, 0) is 6.42 Å². The highest BCUT2D eigenvalue weighted by molar-refractivity contribution is 5.91. The number of aromatic nitrogens is 6. The van der Waals surface area contributed by atoms with Gasteiger partial charge in [0.1, 0.15) is 23.4 Å². The molecule has 0 saturated carbocycles. The van der Waals surface area contributed by atoms with E-state index in [4.69, 9.17) is 4.98 Å². The van der Waals surface area contributed by atoms with Gasteiger partial charge in [-0.25, -0.2) is 19.9 Å². The summed E-state index contributed by atoms with van der Waals surface area (Å²) in [5.41, 5.74) is 10.6. The second-order valence-electron chi connectivity index (χ2n) is 9.92. The summed E-state index contributed by atoms with van der Waals surface area (Å²) < 4.78 is 0. The van der Waals surface area contributed by atoms with Gasteiger partial charge in [-0.3, -0.25) is 5.10 Å². The molecule has 1 atom stereocenters. The van der Waals surface area contributed by atoms with Crippen LogP contribution >= 0.6 is 0 Å². The van der Waals surface area contributed by atoms with Crippen LogP contribution in [0.2, 0.25) is 0 Å². The maximum absolute atomic E-state index is 4.81. The van der Waals surface area contributed by atoms with E-state index >= 15 is 0 Å². The molecular formula is C31H33N7. The quantitative estimate of drug-likeness (QED) is 0.222. The summed E-state index contributed by atoms with van der Waals surface area (Å²) in [5.74, 6) is 1.48. The van der Waals surface area contributed by atoms with Gasteiger partial charge in [0.05, 0.1) is 16.9 Å². The average molecular weight is 504 g/mol. The maximum atomic E-state index is 4.81. The number of hydrogen-bond acceptors (Lipinski definition) is 6. The molecule has 5 aromatic rings. The number of benzene rings is 1. The van der Waals surface area contributed by atoms with Crippen LogP contribution in [-0.4, -0.2) is 30.1 Å². The monoisotopic (exact) mass is 503 g/mol. The summed E-state index contributed by atoms with van der Waals surface area (Å²) >= 11 is 0. The molecule has 0 aliphatic rings. The normalized spacial score (nSPS) is 12.0. The molecule has 0 spiro atoms. The van der Waals surface area contributed by atoms with Crippen molar-refractivity contribution in [2.24, 2.45) is 5.92 Å². The third-order valence-corrected chi connectivity index (χ3v) is 7.29. The predicted octanol–water partition coefficient (Wildman–Crippen LogP) is 7.16. The van der Waals surface area contributed by atoms with Gasteiger partial charge < -0.3 is 5.32 Å². The van der Waals surface area contributed by atoms with Crippen molar-refractivity contribution >= 4 is 22.5 Å². The first-order chi connectivity index (χ1) is 18.4. The molecule has 38 heavy (non-hydrogen) atoms. The number of aromatic amines is 1. The number of H-pyrrole nitrogens is 1. The largest absolute Gasteiger partial charge is 0.339 e. The molecule has 7 nitrogen and oxygen atoms in total. The SMILES string of the molecule is C=C(Nc1nccc(-c2ccc(C)c(CCC(C)CC)c2)c1C)c1n[nH]c2ccc(-c3cncnc3)nc12. The van der Waals surface area contributed by atoms with E-state index in [0.717, 1.165) is 51.6 Å². The molecule has 0 bridgehead atoms. The zero-order chi connectivity index (χ0) is 26.6. The molecule has 0 fully saturated rings. The van der Waals surface area contributed by atoms with E-state index in [9.17, 15) is 0 Å². The highest BCUT2D eigenvalue weighted by Crippen LogP contribution is 2.31. The van der Waals surface area contributed by atoms with Crippen molar-refractivity contribution in [2.45, 2.75) is 47.0 Å². The van der Waals surface area contributed by atoms with Crippen LogP contribution in [0, 0.1) is 19.8 Å². The average Bonchev–Trinajstić information content (AvgIpc) is 3.37. The van der Waals surface area contributed by atoms with E-state index in [0.29, 0.717) is 11.4 Å². The Bertz CT molecular complexity index is 1590. The molecule has 5 rings (SSSR count). The molecule has 0 saturated heterocycles. The molecule has 4 aromatic heterocycles. The number of aryl methyl sites for hydroxylation is 2. The zero-order valence-corrected chi connectivity index (χ0v) is 22.4. The molecule has 1 aromatic carbocycles. The topological polar surface area (TPSA) is 92.3 Å². The number of nitrogens with zero attached hydrogens (tertiary/aromatic N) is 5. The van der Waals surface area contributed by atoms with Crippen LogP contribution in [0.4, 0.5) is 5.82 Å². The van der Waals surface area contributed by atoms with Crippen molar-refractivity contribution < 1.29 is 0 Å². The van der Waals surface area contributed by atoms with Gasteiger partial charge in [0.15, 0.2) is 0 Å². The summed E-state index contributed by atoms with van der Waals surface area (Å²) in [6, 6.07) is 12.7. The molecule has 2 N–H and O–H groups in total. The summed E-state index contributed by atoms with van der Waals surface area (Å²) in [7, 11) is 0. The molecule has 7 heteroatoms. The molecule has 4 heterocycles. The zero-order valence-electron chi connectivity index (χ0n) is 22.4. The Kier molecular flexibility index (Phi) is 7.26. The van der Waals surface area contributed by atoms with Gasteiger partial charge in [-0.1, -0.05) is 45.0 Å². The van der Waals surface area contributed by atoms with Gasteiger partial charge in [0.25, 0.3) is 0 Å². The lowest BCUT2D eigenvalue weighted by Gasteiger charge is -2.15. The fourth-order valence-electron chi connectivity index (χ4n) is 4.59. The predicted molar refractivity (Wildman–Crippen MR) is 154 cm³/mol. The smallest absolute Gasteiger partial charge is 0.134 e. The van der Waals surface area contributed by atoms with Crippen LogP contribution in [0.25, 0.3) is 39.1 Å². The van der Waals surface area contributed by atoms with E-state index in [1.54, 1.807) is 12.4 Å². The van der Waals surface area contributed by atoms with Crippen LogP contribution in [0.3, 0.4) is 0 Å². The van der Waals surface area contributed by atoms with Gasteiger partial charge in [0, 0.05) is 24.2 Å². The minimum atomic E-state index is 0.621.